The number of nitrogens with zero attached hydrogens (tertiary/aromatic N) is 1. The molecule has 5 nitrogen and oxygen atoms in total. The molecule has 6 heteroatoms. The maximum atomic E-state index is 13.6. The summed E-state index contributed by atoms with van der Waals surface area (Å²) in [6.07, 6.45) is -1.65. The maximum Gasteiger partial charge on any atom is 0.412 e. The van der Waals surface area contributed by atoms with Crippen molar-refractivity contribution in [2.45, 2.75) is 44.6 Å². The largest absolute Gasteiger partial charge is 0.497 e. The van der Waals surface area contributed by atoms with Crippen molar-refractivity contribution in [3.05, 3.63) is 54.1 Å². The molecule has 1 saturated heterocycles. The fraction of sp³-hybridized carbons (Fsp3) is 0.435. The predicted molar refractivity (Wildman–Crippen MR) is 110 cm³/mol. The summed E-state index contributed by atoms with van der Waals surface area (Å²) in [7, 11) is 1.64. The first-order valence-corrected chi connectivity index (χ1v) is 10.0. The van der Waals surface area contributed by atoms with E-state index >= 15 is 0 Å². The molecule has 1 fully saturated rings. The molecule has 29 heavy (non-hydrogen) atoms. The Bertz CT molecular complexity index is 811. The number of amides is 1. The number of rotatable bonds is 6. The molecular formula is C23H28FNO4. The first-order valence-electron chi connectivity index (χ1n) is 10.0. The summed E-state index contributed by atoms with van der Waals surface area (Å²) in [5.74, 6) is 0.711. The quantitative estimate of drug-likeness (QED) is 0.759. The lowest BCUT2D eigenvalue weighted by molar-refractivity contribution is -0.0259. The topological polar surface area (TPSA) is 59.0 Å². The lowest BCUT2D eigenvalue weighted by Crippen LogP contribution is -2.46. The number of benzene rings is 2. The molecule has 2 aromatic rings. The van der Waals surface area contributed by atoms with Gasteiger partial charge in [0.25, 0.3) is 0 Å². The summed E-state index contributed by atoms with van der Waals surface area (Å²) in [5, 5.41) is 10.6. The van der Waals surface area contributed by atoms with E-state index in [9.17, 15) is 14.3 Å². The standard InChI is InChI=1S/C23H28FNO4/c1-3-5-22(24)29-23(27)25-13-12-20(21(26)15-25)18-7-4-6-17(14-18)16-8-10-19(28-2)11-9-16/h4,6-11,14,20-22,26H,3,5,12-13,15H2,1-2H3/t20-,21+,22?/m1/s1. The first kappa shape index (κ1) is 21.1. The molecule has 0 bridgehead atoms. The van der Waals surface area contributed by atoms with E-state index in [4.69, 9.17) is 9.47 Å². The van der Waals surface area contributed by atoms with Gasteiger partial charge in [-0.1, -0.05) is 43.3 Å². The minimum Gasteiger partial charge on any atom is -0.497 e. The van der Waals surface area contributed by atoms with E-state index in [2.05, 4.69) is 6.07 Å². The van der Waals surface area contributed by atoms with Gasteiger partial charge in [-0.05, 0) is 41.7 Å². The summed E-state index contributed by atoms with van der Waals surface area (Å²) in [6, 6.07) is 15.9. The van der Waals surface area contributed by atoms with E-state index in [-0.39, 0.29) is 18.9 Å². The number of piperidine rings is 1. The molecule has 0 radical (unpaired) electrons. The number of ether oxygens (including phenoxy) is 2. The molecule has 0 aliphatic carbocycles. The SMILES string of the molecule is CCCC(F)OC(=O)N1CC[C@H](c2cccc(-c3ccc(OC)cc3)c2)[C@@H](O)C1. The Morgan fingerprint density at radius 2 is 2.00 bits per heavy atom. The fourth-order valence-corrected chi connectivity index (χ4v) is 3.69. The number of carbonyl (C=O) groups excluding carboxylic acids is 1. The Morgan fingerprint density at radius 3 is 2.66 bits per heavy atom. The van der Waals surface area contributed by atoms with Crippen molar-refractivity contribution in [3.63, 3.8) is 0 Å². The van der Waals surface area contributed by atoms with Crippen molar-refractivity contribution in [2.75, 3.05) is 20.2 Å². The monoisotopic (exact) mass is 401 g/mol. The van der Waals surface area contributed by atoms with Crippen molar-refractivity contribution >= 4 is 6.09 Å². The molecule has 1 amide bonds. The van der Waals surface area contributed by atoms with Gasteiger partial charge in [0.05, 0.1) is 19.8 Å². The molecule has 0 aromatic heterocycles. The lowest BCUT2D eigenvalue weighted by Gasteiger charge is -2.35. The Labute approximate surface area is 171 Å². The number of methoxy groups -OCH3 is 1. The van der Waals surface area contributed by atoms with Crippen LogP contribution in [0.3, 0.4) is 0 Å². The molecule has 1 aliphatic heterocycles. The molecular weight excluding hydrogens is 373 g/mol. The Balaban J connectivity index is 1.67. The van der Waals surface area contributed by atoms with Crippen molar-refractivity contribution in [2.24, 2.45) is 0 Å². The van der Waals surface area contributed by atoms with Crippen LogP contribution in [0.1, 0.15) is 37.7 Å². The third-order valence-corrected chi connectivity index (χ3v) is 5.32. The Kier molecular flexibility index (Phi) is 7.09. The second-order valence-electron chi connectivity index (χ2n) is 7.34. The number of carbonyl (C=O) groups is 1. The van der Waals surface area contributed by atoms with Gasteiger partial charge in [-0.3, -0.25) is 0 Å². The average Bonchev–Trinajstić information content (AvgIpc) is 2.74. The van der Waals surface area contributed by atoms with Gasteiger partial charge in [0.15, 0.2) is 0 Å². The van der Waals surface area contributed by atoms with E-state index < -0.39 is 18.6 Å². The molecule has 1 unspecified atom stereocenters. The van der Waals surface area contributed by atoms with Gasteiger partial charge in [0.2, 0.25) is 6.36 Å². The van der Waals surface area contributed by atoms with Crippen LogP contribution in [-0.4, -0.2) is 48.8 Å². The number of hydrogen-bond acceptors (Lipinski definition) is 4. The summed E-state index contributed by atoms with van der Waals surface area (Å²) < 4.78 is 23.6. The normalized spacial score (nSPS) is 20.2. The molecule has 156 valence electrons. The van der Waals surface area contributed by atoms with Crippen LogP contribution in [0.2, 0.25) is 0 Å². The molecule has 1 N–H and O–H groups in total. The number of aliphatic hydroxyl groups excluding tert-OH is 1. The average molecular weight is 401 g/mol. The van der Waals surface area contributed by atoms with Crippen LogP contribution in [0.15, 0.2) is 48.5 Å². The molecule has 0 saturated carbocycles. The lowest BCUT2D eigenvalue weighted by atomic mass is 9.86. The zero-order chi connectivity index (χ0) is 20.8. The maximum absolute atomic E-state index is 13.6. The van der Waals surface area contributed by atoms with Crippen LogP contribution in [0.4, 0.5) is 9.18 Å². The zero-order valence-electron chi connectivity index (χ0n) is 16.9. The van der Waals surface area contributed by atoms with Crippen LogP contribution in [0, 0.1) is 0 Å². The number of alkyl halides is 1. The minimum absolute atomic E-state index is 0.0888. The highest BCUT2D eigenvalue weighted by Gasteiger charge is 2.32. The third-order valence-electron chi connectivity index (χ3n) is 5.32. The third kappa shape index (κ3) is 5.26. The summed E-state index contributed by atoms with van der Waals surface area (Å²) in [5.41, 5.74) is 3.14. The molecule has 1 heterocycles. The summed E-state index contributed by atoms with van der Waals surface area (Å²) >= 11 is 0. The molecule has 3 rings (SSSR count). The smallest absolute Gasteiger partial charge is 0.412 e. The second kappa shape index (κ2) is 9.74. The van der Waals surface area contributed by atoms with Crippen molar-refractivity contribution < 1.29 is 23.8 Å². The molecule has 3 atom stereocenters. The Morgan fingerprint density at radius 1 is 1.24 bits per heavy atom. The summed E-state index contributed by atoms with van der Waals surface area (Å²) in [4.78, 5) is 13.5. The molecule has 2 aromatic carbocycles. The van der Waals surface area contributed by atoms with Gasteiger partial charge in [-0.25, -0.2) is 9.18 Å². The second-order valence-corrected chi connectivity index (χ2v) is 7.34. The number of aliphatic hydroxyl groups is 1. The van der Waals surface area contributed by atoms with E-state index in [0.29, 0.717) is 19.4 Å². The van der Waals surface area contributed by atoms with Crippen LogP contribution >= 0.6 is 0 Å². The number of hydrogen-bond donors (Lipinski definition) is 1. The zero-order valence-corrected chi connectivity index (χ0v) is 16.9. The summed E-state index contributed by atoms with van der Waals surface area (Å²) in [6.45, 7) is 2.39. The minimum atomic E-state index is -1.59. The van der Waals surface area contributed by atoms with Gasteiger partial charge < -0.3 is 19.5 Å². The van der Waals surface area contributed by atoms with E-state index in [1.807, 2.05) is 49.4 Å². The predicted octanol–water partition coefficient (Wildman–Crippen LogP) is 4.74. The van der Waals surface area contributed by atoms with Crippen LogP contribution in [0.25, 0.3) is 11.1 Å². The number of halogens is 1. The van der Waals surface area contributed by atoms with Crippen molar-refractivity contribution in [3.8, 4) is 16.9 Å². The van der Waals surface area contributed by atoms with Gasteiger partial charge in [0.1, 0.15) is 5.75 Å². The van der Waals surface area contributed by atoms with Gasteiger partial charge in [-0.15, -0.1) is 0 Å². The fourth-order valence-electron chi connectivity index (χ4n) is 3.69. The van der Waals surface area contributed by atoms with Crippen molar-refractivity contribution in [1.29, 1.82) is 0 Å². The van der Waals surface area contributed by atoms with Crippen LogP contribution in [0.5, 0.6) is 5.75 Å². The number of β-amino-alcohol motifs (C(OH)–C–C–N with tert-alkyl or cyclic N) is 1. The first-order chi connectivity index (χ1) is 14.0. The highest BCUT2D eigenvalue weighted by Crippen LogP contribution is 2.32. The molecule has 1 aliphatic rings. The highest BCUT2D eigenvalue weighted by atomic mass is 19.1. The van der Waals surface area contributed by atoms with Gasteiger partial charge in [0, 0.05) is 18.9 Å². The van der Waals surface area contributed by atoms with Gasteiger partial charge in [-0.2, -0.15) is 0 Å². The van der Waals surface area contributed by atoms with E-state index in [0.717, 1.165) is 22.4 Å². The van der Waals surface area contributed by atoms with Crippen molar-refractivity contribution in [1.82, 2.24) is 4.90 Å². The van der Waals surface area contributed by atoms with E-state index in [1.54, 1.807) is 7.11 Å². The highest BCUT2D eigenvalue weighted by molar-refractivity contribution is 5.68. The number of likely N-dealkylation sites (tertiary alicyclic amines) is 1. The van der Waals surface area contributed by atoms with Crippen LogP contribution < -0.4 is 4.74 Å². The van der Waals surface area contributed by atoms with E-state index in [1.165, 1.54) is 4.90 Å². The van der Waals surface area contributed by atoms with Gasteiger partial charge >= 0.3 is 6.09 Å². The van der Waals surface area contributed by atoms with Crippen LogP contribution in [-0.2, 0) is 4.74 Å². The Hall–Kier alpha value is -2.60. The molecule has 0 spiro atoms.